The number of aliphatic hydroxyl groups is 4. The number of ether oxygens (including phenoxy) is 7. The Labute approximate surface area is 228 Å². The van der Waals surface area contributed by atoms with Crippen LogP contribution in [0.2, 0.25) is 0 Å². The number of rotatable bonds is 6. The molecule has 0 bridgehead atoms. The number of cyclic esters (lactones) is 1. The fourth-order valence-corrected chi connectivity index (χ4v) is 6.07. The van der Waals surface area contributed by atoms with Crippen LogP contribution in [0.25, 0.3) is 0 Å². The molecule has 1 aliphatic carbocycles. The molecule has 4 aliphatic rings. The number of carbonyl (C=O) groups excluding carboxylic acids is 1. The minimum Gasteiger partial charge on any atom is -0.502 e. The van der Waals surface area contributed by atoms with E-state index in [1.165, 1.54) is 14.2 Å². The molecule has 216 valence electrons. The third kappa shape index (κ3) is 4.08. The van der Waals surface area contributed by atoms with Crippen molar-refractivity contribution in [2.75, 3.05) is 34.2 Å². The van der Waals surface area contributed by atoms with E-state index in [4.69, 9.17) is 33.2 Å². The fraction of sp³-hybridized carbons (Fsp3) is 0.519. The number of aromatic hydroxyl groups is 1. The molecule has 3 heterocycles. The molecule has 40 heavy (non-hydrogen) atoms. The van der Waals surface area contributed by atoms with Gasteiger partial charge in [-0.3, -0.25) is 4.79 Å². The van der Waals surface area contributed by atoms with E-state index in [0.29, 0.717) is 28.9 Å². The Kier molecular flexibility index (Phi) is 6.79. The van der Waals surface area contributed by atoms with Crippen molar-refractivity contribution in [3.05, 3.63) is 34.9 Å². The van der Waals surface area contributed by atoms with Crippen molar-refractivity contribution in [1.82, 2.24) is 0 Å². The number of esters is 1. The lowest BCUT2D eigenvalue weighted by Gasteiger charge is -2.40. The molecule has 3 aliphatic heterocycles. The molecule has 2 fully saturated rings. The van der Waals surface area contributed by atoms with Crippen LogP contribution in [0.1, 0.15) is 22.6 Å². The fourth-order valence-electron chi connectivity index (χ4n) is 6.07. The minimum absolute atomic E-state index is 0.107. The molecule has 0 unspecified atom stereocenters. The normalized spacial score (nSPS) is 32.2. The van der Waals surface area contributed by atoms with E-state index >= 15 is 0 Å². The van der Waals surface area contributed by atoms with Crippen LogP contribution < -0.4 is 23.7 Å². The lowest BCUT2D eigenvalue weighted by atomic mass is 9.67. The molecule has 0 amide bonds. The molecule has 2 aromatic rings. The smallest absolute Gasteiger partial charge is 0.310 e. The van der Waals surface area contributed by atoms with Crippen LogP contribution in [-0.2, 0) is 20.7 Å². The van der Waals surface area contributed by atoms with Crippen molar-refractivity contribution in [3.8, 4) is 34.5 Å². The molecule has 0 spiro atoms. The summed E-state index contributed by atoms with van der Waals surface area (Å²) in [7, 11) is 2.81. The summed E-state index contributed by atoms with van der Waals surface area (Å²) in [4.78, 5) is 13.0. The zero-order valence-electron chi connectivity index (χ0n) is 21.7. The van der Waals surface area contributed by atoms with Crippen molar-refractivity contribution >= 4 is 5.97 Å². The molecule has 2 aromatic carbocycles. The first kappa shape index (κ1) is 26.7. The minimum atomic E-state index is -1.65. The third-order valence-electron chi connectivity index (χ3n) is 8.08. The van der Waals surface area contributed by atoms with E-state index in [-0.39, 0.29) is 54.0 Å². The average Bonchev–Trinajstić information content (AvgIpc) is 3.58. The Morgan fingerprint density at radius 2 is 1.70 bits per heavy atom. The van der Waals surface area contributed by atoms with Gasteiger partial charge in [0, 0.05) is 17.4 Å². The van der Waals surface area contributed by atoms with Gasteiger partial charge in [0.1, 0.15) is 24.4 Å². The van der Waals surface area contributed by atoms with Crippen molar-refractivity contribution < 1.29 is 63.5 Å². The van der Waals surface area contributed by atoms with Gasteiger partial charge in [0.05, 0.1) is 33.4 Å². The summed E-state index contributed by atoms with van der Waals surface area (Å²) < 4.78 is 39.4. The van der Waals surface area contributed by atoms with Crippen LogP contribution in [-0.4, -0.2) is 96.4 Å². The molecule has 8 atom stereocenters. The van der Waals surface area contributed by atoms with Gasteiger partial charge < -0.3 is 58.7 Å². The molecule has 0 radical (unpaired) electrons. The van der Waals surface area contributed by atoms with E-state index in [1.807, 2.05) is 0 Å². The van der Waals surface area contributed by atoms with Crippen LogP contribution >= 0.6 is 0 Å². The zero-order valence-corrected chi connectivity index (χ0v) is 21.7. The summed E-state index contributed by atoms with van der Waals surface area (Å²) in [6.07, 6.45) is -7.15. The van der Waals surface area contributed by atoms with E-state index in [2.05, 4.69) is 0 Å². The van der Waals surface area contributed by atoms with Crippen LogP contribution in [0.5, 0.6) is 34.5 Å². The first-order valence-corrected chi connectivity index (χ1v) is 12.8. The number of methoxy groups -OCH3 is 2. The molecule has 2 saturated heterocycles. The number of hydrogen-bond donors (Lipinski definition) is 5. The van der Waals surface area contributed by atoms with Gasteiger partial charge in [-0.2, -0.15) is 0 Å². The van der Waals surface area contributed by atoms with Gasteiger partial charge >= 0.3 is 5.97 Å². The van der Waals surface area contributed by atoms with Crippen LogP contribution in [0, 0.1) is 11.8 Å². The number of carbonyl (C=O) groups is 1. The topological polar surface area (TPSA) is 183 Å². The standard InChI is InChI=1S/C27H30O13/c1-34-14-4-10(5-15(35-2)20(14)29)18-12-6-16-25(38-9-37-16)24(13(12)3-11-8-36-26(33)19(11)18)40-27-23(32)22(31)21(30)17(7-28)39-27/h4-6,11,17-19,21-23,27-32H,3,7-9H2,1-2H3/t11-,17+,18-,19+,21-,22-,23-,27-/m1/s1. The number of phenolic OH excluding ortho intramolecular Hbond substituents is 1. The highest BCUT2D eigenvalue weighted by Crippen LogP contribution is 2.56. The van der Waals surface area contributed by atoms with E-state index in [9.17, 15) is 30.3 Å². The second-order valence-corrected chi connectivity index (χ2v) is 10.2. The number of fused-ring (bicyclic) bond motifs is 3. The Balaban J connectivity index is 1.50. The Hall–Kier alpha value is -3.49. The first-order chi connectivity index (χ1) is 19.3. The van der Waals surface area contributed by atoms with Crippen LogP contribution in [0.15, 0.2) is 18.2 Å². The predicted octanol–water partition coefficient (Wildman–Crippen LogP) is -0.206. The van der Waals surface area contributed by atoms with Crippen LogP contribution in [0.3, 0.4) is 0 Å². The Bertz CT molecular complexity index is 1280. The van der Waals surface area contributed by atoms with Crippen molar-refractivity contribution in [2.24, 2.45) is 11.8 Å². The highest BCUT2D eigenvalue weighted by molar-refractivity contribution is 5.79. The van der Waals surface area contributed by atoms with E-state index < -0.39 is 49.1 Å². The highest BCUT2D eigenvalue weighted by atomic mass is 16.7. The summed E-state index contributed by atoms with van der Waals surface area (Å²) in [5, 5.41) is 51.3. The second-order valence-electron chi connectivity index (χ2n) is 10.2. The van der Waals surface area contributed by atoms with Crippen molar-refractivity contribution in [1.29, 1.82) is 0 Å². The van der Waals surface area contributed by atoms with Gasteiger partial charge in [-0.15, -0.1) is 0 Å². The molecule has 6 rings (SSSR count). The van der Waals surface area contributed by atoms with Gasteiger partial charge in [-0.1, -0.05) is 0 Å². The van der Waals surface area contributed by atoms with Gasteiger partial charge in [0.15, 0.2) is 23.0 Å². The van der Waals surface area contributed by atoms with Crippen molar-refractivity contribution in [3.63, 3.8) is 0 Å². The van der Waals surface area contributed by atoms with E-state index in [0.717, 1.165) is 0 Å². The molecule has 5 N–H and O–H groups in total. The molecule has 13 nitrogen and oxygen atoms in total. The van der Waals surface area contributed by atoms with Crippen LogP contribution in [0.4, 0.5) is 0 Å². The number of hydrogen-bond acceptors (Lipinski definition) is 13. The van der Waals surface area contributed by atoms with Gasteiger partial charge in [0.25, 0.3) is 0 Å². The maximum absolute atomic E-state index is 13.0. The summed E-state index contributed by atoms with van der Waals surface area (Å²) >= 11 is 0. The summed E-state index contributed by atoms with van der Waals surface area (Å²) in [6, 6.07) is 5.02. The van der Waals surface area contributed by atoms with Crippen molar-refractivity contribution in [2.45, 2.75) is 43.0 Å². The van der Waals surface area contributed by atoms with Gasteiger partial charge in [-0.05, 0) is 35.7 Å². The predicted molar refractivity (Wildman–Crippen MR) is 132 cm³/mol. The molecule has 0 saturated carbocycles. The number of benzene rings is 2. The summed E-state index contributed by atoms with van der Waals surface area (Å²) in [6.45, 7) is -0.561. The van der Waals surface area contributed by atoms with Gasteiger partial charge in [-0.25, -0.2) is 0 Å². The van der Waals surface area contributed by atoms with E-state index in [1.54, 1.807) is 18.2 Å². The molecular weight excluding hydrogens is 532 g/mol. The summed E-state index contributed by atoms with van der Waals surface area (Å²) in [5.74, 6) is -0.932. The molecule has 0 aromatic heterocycles. The lowest BCUT2D eigenvalue weighted by molar-refractivity contribution is -0.277. The number of aliphatic hydroxyl groups excluding tert-OH is 4. The number of phenols is 1. The quantitative estimate of drug-likeness (QED) is 0.292. The highest BCUT2D eigenvalue weighted by Gasteiger charge is 2.51. The Morgan fingerprint density at radius 1 is 0.975 bits per heavy atom. The van der Waals surface area contributed by atoms with Gasteiger partial charge in [0.2, 0.25) is 24.6 Å². The summed E-state index contributed by atoms with van der Waals surface area (Å²) in [5.41, 5.74) is 1.90. The lowest BCUT2D eigenvalue weighted by Crippen LogP contribution is -2.60. The maximum Gasteiger partial charge on any atom is 0.310 e. The molecular formula is C27H30O13. The second kappa shape index (κ2) is 10.2. The molecule has 13 heteroatoms. The zero-order chi connectivity index (χ0) is 28.3. The average molecular weight is 563 g/mol. The first-order valence-electron chi connectivity index (χ1n) is 12.8. The third-order valence-corrected chi connectivity index (χ3v) is 8.08. The monoisotopic (exact) mass is 562 g/mol. The largest absolute Gasteiger partial charge is 0.502 e. The SMILES string of the molecule is COc1cc([C@@H]2c3cc4c(c(O[C@H]5O[C@@H](CO)[C@@H](O)[C@@H](O)[C@H]5O)c3C[C@@H]3COC(=O)[C@@H]32)OCO4)cc(OC)c1O. The maximum atomic E-state index is 13.0. The Morgan fingerprint density at radius 3 is 2.38 bits per heavy atom.